The molecule has 0 unspecified atom stereocenters. The molecule has 1 rings (SSSR count). The fourth-order valence-electron chi connectivity index (χ4n) is 0.752. The van der Waals surface area contributed by atoms with Crippen molar-refractivity contribution in [1.82, 2.24) is 0 Å². The summed E-state index contributed by atoms with van der Waals surface area (Å²) in [5.74, 6) is -0.315. The van der Waals surface area contributed by atoms with Crippen LogP contribution in [0.25, 0.3) is 0 Å². The summed E-state index contributed by atoms with van der Waals surface area (Å²) in [6.07, 6.45) is 0. The molecule has 0 amide bonds. The SMILES string of the molecule is CC(C)(C)OC(=O)c1ccc(Cl)s1. The lowest BCUT2D eigenvalue weighted by molar-refractivity contribution is 0.00753. The third-order valence-corrected chi connectivity index (χ3v) is 2.38. The van der Waals surface area contributed by atoms with Crippen LogP contribution >= 0.6 is 22.9 Å². The maximum atomic E-state index is 11.4. The monoisotopic (exact) mass is 218 g/mol. The molecule has 0 aromatic carbocycles. The molecule has 1 heterocycles. The molecule has 72 valence electrons. The van der Waals surface area contributed by atoms with Gasteiger partial charge in [-0.15, -0.1) is 11.3 Å². The molecule has 0 saturated carbocycles. The molecule has 0 aliphatic rings. The molecule has 0 aliphatic carbocycles. The quantitative estimate of drug-likeness (QED) is 0.676. The van der Waals surface area contributed by atoms with Gasteiger partial charge < -0.3 is 4.74 Å². The van der Waals surface area contributed by atoms with E-state index in [9.17, 15) is 4.79 Å². The van der Waals surface area contributed by atoms with Crippen LogP contribution in [0, 0.1) is 0 Å². The molecule has 0 spiro atoms. The van der Waals surface area contributed by atoms with Crippen LogP contribution in [-0.4, -0.2) is 11.6 Å². The zero-order valence-corrected chi connectivity index (χ0v) is 9.33. The van der Waals surface area contributed by atoms with Gasteiger partial charge in [0.2, 0.25) is 0 Å². The van der Waals surface area contributed by atoms with Gasteiger partial charge in [-0.3, -0.25) is 0 Å². The van der Waals surface area contributed by atoms with Crippen molar-refractivity contribution in [2.75, 3.05) is 0 Å². The first kappa shape index (κ1) is 10.5. The highest BCUT2D eigenvalue weighted by Gasteiger charge is 2.18. The Kier molecular flexibility index (Phi) is 2.98. The first-order valence-electron chi connectivity index (χ1n) is 3.87. The zero-order valence-electron chi connectivity index (χ0n) is 7.76. The number of carbonyl (C=O) groups is 1. The molecule has 0 fully saturated rings. The van der Waals surface area contributed by atoms with Crippen molar-refractivity contribution in [2.24, 2.45) is 0 Å². The van der Waals surface area contributed by atoms with Gasteiger partial charge in [0.15, 0.2) is 0 Å². The Hall–Kier alpha value is -0.540. The molecule has 0 radical (unpaired) electrons. The van der Waals surface area contributed by atoms with E-state index < -0.39 is 5.60 Å². The van der Waals surface area contributed by atoms with Gasteiger partial charge >= 0.3 is 5.97 Å². The Balaban J connectivity index is 2.70. The van der Waals surface area contributed by atoms with Crippen LogP contribution < -0.4 is 0 Å². The third-order valence-electron chi connectivity index (χ3n) is 1.17. The van der Waals surface area contributed by atoms with Crippen molar-refractivity contribution < 1.29 is 9.53 Å². The van der Waals surface area contributed by atoms with Crippen LogP contribution in [-0.2, 0) is 4.74 Å². The number of hydrogen-bond acceptors (Lipinski definition) is 3. The summed E-state index contributed by atoms with van der Waals surface area (Å²) in [4.78, 5) is 11.9. The summed E-state index contributed by atoms with van der Waals surface area (Å²) < 4.78 is 5.75. The molecule has 13 heavy (non-hydrogen) atoms. The van der Waals surface area contributed by atoms with E-state index in [2.05, 4.69) is 0 Å². The van der Waals surface area contributed by atoms with Gasteiger partial charge in [-0.05, 0) is 32.9 Å². The number of halogens is 1. The van der Waals surface area contributed by atoms with Crippen molar-refractivity contribution in [3.63, 3.8) is 0 Å². The first-order valence-corrected chi connectivity index (χ1v) is 5.06. The number of esters is 1. The lowest BCUT2D eigenvalue weighted by Crippen LogP contribution is -2.23. The fourth-order valence-corrected chi connectivity index (χ4v) is 1.67. The minimum Gasteiger partial charge on any atom is -0.456 e. The van der Waals surface area contributed by atoms with Gasteiger partial charge in [-0.1, -0.05) is 11.6 Å². The highest BCUT2D eigenvalue weighted by atomic mass is 35.5. The number of hydrogen-bond donors (Lipinski definition) is 0. The van der Waals surface area contributed by atoms with E-state index in [1.807, 2.05) is 20.8 Å². The second kappa shape index (κ2) is 3.68. The molecule has 0 bridgehead atoms. The fraction of sp³-hybridized carbons (Fsp3) is 0.444. The number of ether oxygens (including phenoxy) is 1. The van der Waals surface area contributed by atoms with Gasteiger partial charge in [0.05, 0.1) is 4.34 Å². The predicted molar refractivity (Wildman–Crippen MR) is 54.5 cm³/mol. The molecule has 2 nitrogen and oxygen atoms in total. The molecule has 4 heteroatoms. The summed E-state index contributed by atoms with van der Waals surface area (Å²) in [6.45, 7) is 5.50. The summed E-state index contributed by atoms with van der Waals surface area (Å²) in [7, 11) is 0. The smallest absolute Gasteiger partial charge is 0.348 e. The van der Waals surface area contributed by atoms with Gasteiger partial charge in [0.1, 0.15) is 10.5 Å². The van der Waals surface area contributed by atoms with E-state index in [0.29, 0.717) is 9.21 Å². The van der Waals surface area contributed by atoms with E-state index in [1.165, 1.54) is 11.3 Å². The topological polar surface area (TPSA) is 26.3 Å². The lowest BCUT2D eigenvalue weighted by Gasteiger charge is -2.18. The Morgan fingerprint density at radius 1 is 1.46 bits per heavy atom. The van der Waals surface area contributed by atoms with Crippen molar-refractivity contribution >= 4 is 28.9 Å². The Morgan fingerprint density at radius 3 is 2.46 bits per heavy atom. The Bertz CT molecular complexity index is 312. The van der Waals surface area contributed by atoms with Crippen LogP contribution in [0.1, 0.15) is 30.4 Å². The average Bonchev–Trinajstić information content (AvgIpc) is 2.31. The predicted octanol–water partition coefficient (Wildman–Crippen LogP) is 3.36. The maximum Gasteiger partial charge on any atom is 0.348 e. The molecule has 0 aliphatic heterocycles. The Morgan fingerprint density at radius 2 is 2.08 bits per heavy atom. The van der Waals surface area contributed by atoms with Crippen LogP contribution in [0.2, 0.25) is 4.34 Å². The molecule has 1 aromatic rings. The number of carbonyl (C=O) groups excluding carboxylic acids is 1. The van der Waals surface area contributed by atoms with E-state index >= 15 is 0 Å². The lowest BCUT2D eigenvalue weighted by atomic mass is 10.2. The molecular weight excluding hydrogens is 208 g/mol. The van der Waals surface area contributed by atoms with Gasteiger partial charge in [0, 0.05) is 0 Å². The van der Waals surface area contributed by atoms with Gasteiger partial charge in [-0.2, -0.15) is 0 Å². The molecular formula is C9H11ClO2S. The summed E-state index contributed by atoms with van der Waals surface area (Å²) in [6, 6.07) is 3.35. The van der Waals surface area contributed by atoms with Gasteiger partial charge in [-0.25, -0.2) is 4.79 Å². The van der Waals surface area contributed by atoms with E-state index in [0.717, 1.165) is 0 Å². The highest BCUT2D eigenvalue weighted by molar-refractivity contribution is 7.17. The average molecular weight is 219 g/mol. The first-order chi connectivity index (χ1) is 5.88. The van der Waals surface area contributed by atoms with Crippen molar-refractivity contribution in [2.45, 2.75) is 26.4 Å². The second-order valence-electron chi connectivity index (χ2n) is 3.61. The minimum atomic E-state index is -0.451. The minimum absolute atomic E-state index is 0.315. The Labute approximate surface area is 86.5 Å². The summed E-state index contributed by atoms with van der Waals surface area (Å²) >= 11 is 6.91. The van der Waals surface area contributed by atoms with E-state index in [-0.39, 0.29) is 5.97 Å². The standard InChI is InChI=1S/C9H11ClO2S/c1-9(2,3)12-8(11)6-4-5-7(10)13-6/h4-5H,1-3H3. The van der Waals surface area contributed by atoms with Gasteiger partial charge in [0.25, 0.3) is 0 Å². The zero-order chi connectivity index (χ0) is 10.1. The van der Waals surface area contributed by atoms with E-state index in [4.69, 9.17) is 16.3 Å². The summed E-state index contributed by atoms with van der Waals surface area (Å²) in [5.41, 5.74) is -0.451. The number of rotatable bonds is 1. The van der Waals surface area contributed by atoms with Crippen molar-refractivity contribution in [1.29, 1.82) is 0 Å². The highest BCUT2D eigenvalue weighted by Crippen LogP contribution is 2.23. The third kappa shape index (κ3) is 3.36. The number of thiophene rings is 1. The second-order valence-corrected chi connectivity index (χ2v) is 5.32. The van der Waals surface area contributed by atoms with Crippen LogP contribution in [0.3, 0.4) is 0 Å². The van der Waals surface area contributed by atoms with Crippen molar-refractivity contribution in [3.8, 4) is 0 Å². The normalized spacial score (nSPS) is 11.4. The van der Waals surface area contributed by atoms with Crippen molar-refractivity contribution in [3.05, 3.63) is 21.3 Å². The molecule has 0 N–H and O–H groups in total. The van der Waals surface area contributed by atoms with Crippen LogP contribution in [0.4, 0.5) is 0 Å². The molecule has 0 atom stereocenters. The summed E-state index contributed by atoms with van der Waals surface area (Å²) in [5, 5.41) is 0. The van der Waals surface area contributed by atoms with Crippen LogP contribution in [0.15, 0.2) is 12.1 Å². The largest absolute Gasteiger partial charge is 0.456 e. The molecule has 1 aromatic heterocycles. The van der Waals surface area contributed by atoms with E-state index in [1.54, 1.807) is 12.1 Å². The maximum absolute atomic E-state index is 11.4. The molecule has 0 saturated heterocycles. The van der Waals surface area contributed by atoms with Crippen LogP contribution in [0.5, 0.6) is 0 Å².